The maximum absolute atomic E-state index is 13.1. The van der Waals surface area contributed by atoms with Crippen LogP contribution in [0.5, 0.6) is 0 Å². The van der Waals surface area contributed by atoms with Crippen molar-refractivity contribution >= 4 is 33.1 Å². The molecule has 10 heteroatoms. The molecule has 0 saturated carbocycles. The molecule has 8 nitrogen and oxygen atoms in total. The lowest BCUT2D eigenvalue weighted by molar-refractivity contribution is 0.0747. The summed E-state index contributed by atoms with van der Waals surface area (Å²) in [5.74, 6) is 1.40. The second kappa shape index (κ2) is 8.00. The predicted octanol–water partition coefficient (Wildman–Crippen LogP) is 1.90. The van der Waals surface area contributed by atoms with E-state index in [1.165, 1.54) is 15.6 Å². The van der Waals surface area contributed by atoms with Gasteiger partial charge in [-0.25, -0.2) is 18.4 Å². The van der Waals surface area contributed by atoms with E-state index in [-0.39, 0.29) is 10.8 Å². The number of nitrogens with zero attached hydrogens (tertiary/aromatic N) is 5. The van der Waals surface area contributed by atoms with Gasteiger partial charge in [-0.05, 0) is 38.1 Å². The molecule has 2 aliphatic rings. The van der Waals surface area contributed by atoms with Crippen LogP contribution in [0.15, 0.2) is 22.4 Å². The van der Waals surface area contributed by atoms with Crippen LogP contribution in [-0.4, -0.2) is 72.8 Å². The molecule has 2 fully saturated rings. The molecule has 4 heterocycles. The van der Waals surface area contributed by atoms with E-state index in [4.69, 9.17) is 0 Å². The van der Waals surface area contributed by atoms with Crippen LogP contribution in [0.2, 0.25) is 0 Å². The van der Waals surface area contributed by atoms with Gasteiger partial charge in [0.1, 0.15) is 21.4 Å². The Balaban J connectivity index is 1.48. The van der Waals surface area contributed by atoms with Crippen molar-refractivity contribution in [2.75, 3.05) is 44.2 Å². The normalized spacial score (nSPS) is 18.4. The van der Waals surface area contributed by atoms with Gasteiger partial charge in [0, 0.05) is 51.0 Å². The third-order valence-corrected chi connectivity index (χ3v) is 8.32. The molecule has 2 aliphatic heterocycles. The van der Waals surface area contributed by atoms with E-state index in [9.17, 15) is 13.2 Å². The van der Waals surface area contributed by atoms with Gasteiger partial charge in [0.15, 0.2) is 0 Å². The number of hydrogen-bond acceptors (Lipinski definition) is 7. The summed E-state index contributed by atoms with van der Waals surface area (Å²) < 4.78 is 27.4. The van der Waals surface area contributed by atoms with E-state index in [0.29, 0.717) is 44.1 Å². The van der Waals surface area contributed by atoms with Crippen LogP contribution in [0.25, 0.3) is 0 Å². The van der Waals surface area contributed by atoms with Gasteiger partial charge >= 0.3 is 0 Å². The number of hydrogen-bond donors (Lipinski definition) is 0. The van der Waals surface area contributed by atoms with Crippen LogP contribution in [0, 0.1) is 13.8 Å². The van der Waals surface area contributed by atoms with Crippen LogP contribution in [0.3, 0.4) is 0 Å². The highest BCUT2D eigenvalue weighted by Crippen LogP contribution is 2.29. The van der Waals surface area contributed by atoms with E-state index in [0.717, 1.165) is 30.2 Å². The van der Waals surface area contributed by atoms with Crippen molar-refractivity contribution in [3.63, 3.8) is 0 Å². The summed E-state index contributed by atoms with van der Waals surface area (Å²) in [5.41, 5.74) is 0.918. The van der Waals surface area contributed by atoms with Crippen LogP contribution in [0.1, 0.15) is 34.0 Å². The van der Waals surface area contributed by atoms with Crippen LogP contribution < -0.4 is 4.90 Å². The molecule has 0 spiro atoms. The molecule has 0 N–H and O–H groups in total. The summed E-state index contributed by atoms with van der Waals surface area (Å²) in [6.45, 7) is 7.24. The SMILES string of the molecule is Cc1cc(N2CCN(C(=O)c3sccc3S(=O)(=O)N3CCCC3)CC2)nc(C)n1. The molecule has 0 unspecified atom stereocenters. The number of rotatable bonds is 4. The molecule has 1 amide bonds. The number of piperazine rings is 1. The Hall–Kier alpha value is -2.04. The van der Waals surface area contributed by atoms with Crippen LogP contribution in [0.4, 0.5) is 5.82 Å². The summed E-state index contributed by atoms with van der Waals surface area (Å²) in [6, 6.07) is 3.51. The number of aromatic nitrogens is 2. The van der Waals surface area contributed by atoms with Gasteiger partial charge < -0.3 is 9.80 Å². The fraction of sp³-hybridized carbons (Fsp3) is 0.526. The summed E-state index contributed by atoms with van der Waals surface area (Å²) in [7, 11) is -3.60. The summed E-state index contributed by atoms with van der Waals surface area (Å²) in [5, 5.41) is 1.69. The van der Waals surface area contributed by atoms with Gasteiger partial charge in [0.25, 0.3) is 5.91 Å². The molecule has 0 bridgehead atoms. The Bertz CT molecular complexity index is 986. The smallest absolute Gasteiger partial charge is 0.265 e. The van der Waals surface area contributed by atoms with E-state index < -0.39 is 10.0 Å². The molecular formula is C19H25N5O3S2. The standard InChI is InChI=1S/C19H25N5O3S2/c1-14-13-17(21-15(2)20-14)22-8-10-23(11-9-22)19(25)18-16(5-12-28-18)29(26,27)24-6-3-4-7-24/h5,12-13H,3-4,6-11H2,1-2H3. The third kappa shape index (κ3) is 4.01. The molecule has 0 radical (unpaired) electrons. The first-order valence-corrected chi connectivity index (χ1v) is 12.1. The van der Waals surface area contributed by atoms with Gasteiger partial charge in [0.05, 0.1) is 0 Å². The highest BCUT2D eigenvalue weighted by molar-refractivity contribution is 7.89. The molecule has 2 saturated heterocycles. The average Bonchev–Trinajstić information content (AvgIpc) is 3.39. The first kappa shape index (κ1) is 20.2. The van der Waals surface area contributed by atoms with E-state index >= 15 is 0 Å². The lowest BCUT2D eigenvalue weighted by Crippen LogP contribution is -2.49. The van der Waals surface area contributed by atoms with E-state index in [2.05, 4.69) is 14.9 Å². The lowest BCUT2D eigenvalue weighted by Gasteiger charge is -2.35. The van der Waals surface area contributed by atoms with E-state index in [1.54, 1.807) is 16.3 Å². The molecule has 4 rings (SSSR count). The number of anilines is 1. The number of sulfonamides is 1. The molecule has 29 heavy (non-hydrogen) atoms. The van der Waals surface area contributed by atoms with Crippen LogP contribution in [-0.2, 0) is 10.0 Å². The number of carbonyl (C=O) groups is 1. The van der Waals surface area contributed by atoms with Gasteiger partial charge in [-0.3, -0.25) is 4.79 Å². The average molecular weight is 436 g/mol. The highest BCUT2D eigenvalue weighted by Gasteiger charge is 2.34. The minimum Gasteiger partial charge on any atom is -0.353 e. The summed E-state index contributed by atoms with van der Waals surface area (Å²) >= 11 is 1.21. The fourth-order valence-electron chi connectivity index (χ4n) is 3.87. The third-order valence-electron chi connectivity index (χ3n) is 5.35. The molecule has 156 valence electrons. The van der Waals surface area contributed by atoms with Crippen molar-refractivity contribution in [2.24, 2.45) is 0 Å². The predicted molar refractivity (Wildman–Crippen MR) is 112 cm³/mol. The topological polar surface area (TPSA) is 86.7 Å². The summed E-state index contributed by atoms with van der Waals surface area (Å²) in [6.07, 6.45) is 1.74. The first-order chi connectivity index (χ1) is 13.9. The zero-order chi connectivity index (χ0) is 20.6. The fourth-order valence-corrected chi connectivity index (χ4v) is 6.75. The number of carbonyl (C=O) groups excluding carboxylic acids is 1. The quantitative estimate of drug-likeness (QED) is 0.729. The van der Waals surface area contributed by atoms with Crippen molar-refractivity contribution in [2.45, 2.75) is 31.6 Å². The Labute approximate surface area is 175 Å². The van der Waals surface area contributed by atoms with Gasteiger partial charge in [-0.2, -0.15) is 4.31 Å². The second-order valence-electron chi connectivity index (χ2n) is 7.42. The number of thiophene rings is 1. The molecule has 2 aromatic rings. The minimum atomic E-state index is -3.60. The van der Waals surface area contributed by atoms with Gasteiger partial charge in [-0.1, -0.05) is 0 Å². The van der Waals surface area contributed by atoms with Crippen molar-refractivity contribution < 1.29 is 13.2 Å². The van der Waals surface area contributed by atoms with Gasteiger partial charge in [0.2, 0.25) is 10.0 Å². The zero-order valence-electron chi connectivity index (χ0n) is 16.7. The first-order valence-electron chi connectivity index (χ1n) is 9.80. The monoisotopic (exact) mass is 435 g/mol. The minimum absolute atomic E-state index is 0.152. The summed E-state index contributed by atoms with van der Waals surface area (Å²) in [4.78, 5) is 26.3. The van der Waals surface area contributed by atoms with Crippen LogP contribution >= 0.6 is 11.3 Å². The maximum Gasteiger partial charge on any atom is 0.265 e. The highest BCUT2D eigenvalue weighted by atomic mass is 32.2. The second-order valence-corrected chi connectivity index (χ2v) is 10.2. The van der Waals surface area contributed by atoms with Crippen molar-refractivity contribution in [3.8, 4) is 0 Å². The molecule has 0 aliphatic carbocycles. The molecular weight excluding hydrogens is 410 g/mol. The Morgan fingerprint density at radius 2 is 1.72 bits per heavy atom. The zero-order valence-corrected chi connectivity index (χ0v) is 18.3. The number of aryl methyl sites for hydroxylation is 2. The van der Waals surface area contributed by atoms with Crippen molar-refractivity contribution in [1.82, 2.24) is 19.2 Å². The molecule has 0 aromatic carbocycles. The lowest BCUT2D eigenvalue weighted by atomic mass is 10.2. The van der Waals surface area contributed by atoms with Crippen molar-refractivity contribution in [1.29, 1.82) is 0 Å². The van der Waals surface area contributed by atoms with Crippen molar-refractivity contribution in [3.05, 3.63) is 33.9 Å². The largest absolute Gasteiger partial charge is 0.353 e. The number of amides is 1. The van der Waals surface area contributed by atoms with E-state index in [1.807, 2.05) is 19.9 Å². The Morgan fingerprint density at radius 3 is 2.38 bits per heavy atom. The molecule has 0 atom stereocenters. The Morgan fingerprint density at radius 1 is 1.03 bits per heavy atom. The Kier molecular flexibility index (Phi) is 5.58. The molecule has 2 aromatic heterocycles. The van der Waals surface area contributed by atoms with Gasteiger partial charge in [-0.15, -0.1) is 11.3 Å². The maximum atomic E-state index is 13.1.